The van der Waals surface area contributed by atoms with Gasteiger partial charge in [-0.15, -0.1) is 0 Å². The number of ether oxygens (including phenoxy) is 2. The first-order valence-electron chi connectivity index (χ1n) is 10.2. The van der Waals surface area contributed by atoms with Gasteiger partial charge < -0.3 is 19.3 Å². The van der Waals surface area contributed by atoms with E-state index in [1.54, 1.807) is 30.6 Å². The number of rotatable bonds is 5. The Kier molecular flexibility index (Phi) is 6.19. The van der Waals surface area contributed by atoms with E-state index in [1.165, 1.54) is 25.4 Å². The molecule has 0 bridgehead atoms. The molecule has 2 atom stereocenters. The number of hydrogen-bond acceptors (Lipinski definition) is 5. The predicted molar refractivity (Wildman–Crippen MR) is 105 cm³/mol. The molecule has 0 saturated carbocycles. The van der Waals surface area contributed by atoms with Crippen molar-refractivity contribution in [1.82, 2.24) is 14.8 Å². The van der Waals surface area contributed by atoms with E-state index in [0.29, 0.717) is 26.1 Å². The number of hydrogen-bond donors (Lipinski definition) is 0. The molecule has 3 heterocycles. The van der Waals surface area contributed by atoms with E-state index in [2.05, 4.69) is 4.98 Å². The summed E-state index contributed by atoms with van der Waals surface area (Å²) in [5.74, 6) is -3.53. The van der Waals surface area contributed by atoms with Crippen molar-refractivity contribution in [2.45, 2.75) is 57.6 Å². The fraction of sp³-hybridized carbons (Fsp3) is 0.667. The number of fused-ring (bicyclic) bond motifs is 1. The monoisotopic (exact) mass is 425 g/mol. The van der Waals surface area contributed by atoms with Crippen molar-refractivity contribution in [2.24, 2.45) is 5.92 Å². The topological polar surface area (TPSA) is 72.0 Å². The number of methoxy groups -OCH3 is 1. The van der Waals surface area contributed by atoms with Crippen LogP contribution in [-0.2, 0) is 15.5 Å². The van der Waals surface area contributed by atoms with Gasteiger partial charge in [-0.25, -0.2) is 18.6 Å². The summed E-state index contributed by atoms with van der Waals surface area (Å²) in [6, 6.07) is 2.33. The third-order valence-corrected chi connectivity index (χ3v) is 5.50. The Morgan fingerprint density at radius 1 is 1.30 bits per heavy atom. The zero-order valence-electron chi connectivity index (χ0n) is 17.9. The number of carbonyl (C=O) groups excluding carboxylic acids is 2. The van der Waals surface area contributed by atoms with Crippen molar-refractivity contribution >= 4 is 12.0 Å². The molecule has 0 N–H and O–H groups in total. The van der Waals surface area contributed by atoms with Crippen LogP contribution in [0.5, 0.6) is 5.88 Å². The van der Waals surface area contributed by atoms with Crippen LogP contribution in [0.4, 0.5) is 13.6 Å². The quantitative estimate of drug-likeness (QED) is 0.723. The van der Waals surface area contributed by atoms with E-state index < -0.39 is 30.0 Å². The lowest BCUT2D eigenvalue weighted by Crippen LogP contribution is -2.54. The van der Waals surface area contributed by atoms with Gasteiger partial charge in [-0.1, -0.05) is 0 Å². The van der Waals surface area contributed by atoms with Crippen molar-refractivity contribution in [1.29, 1.82) is 0 Å². The van der Waals surface area contributed by atoms with E-state index in [-0.39, 0.29) is 29.8 Å². The molecule has 0 unspecified atom stereocenters. The lowest BCUT2D eigenvalue weighted by molar-refractivity contribution is -0.134. The molecule has 0 spiro atoms. The molecule has 9 heteroatoms. The molecular formula is C21H29F2N3O4. The summed E-state index contributed by atoms with van der Waals surface area (Å²) in [6.45, 7) is 6.56. The molecule has 0 aromatic carbocycles. The van der Waals surface area contributed by atoms with E-state index in [0.717, 1.165) is 0 Å². The first-order chi connectivity index (χ1) is 14.0. The standard InChI is InChI=1S/C21H29F2N3O4/c1-20(2,3)30-19(28)25-9-10-26-16(13-25)11-14(18(26)27)5-7-21(22,23)15-6-8-24-17(12-15)29-4/h6,8,12,14,16H,5,7,9-11,13H2,1-4H3/t14-,16-/m0/s1. The fourth-order valence-corrected chi connectivity index (χ4v) is 3.99. The zero-order valence-corrected chi connectivity index (χ0v) is 17.9. The molecule has 166 valence electrons. The number of piperazine rings is 1. The molecule has 0 radical (unpaired) electrons. The lowest BCUT2D eigenvalue weighted by Gasteiger charge is -2.38. The lowest BCUT2D eigenvalue weighted by atomic mass is 9.94. The van der Waals surface area contributed by atoms with Gasteiger partial charge >= 0.3 is 6.09 Å². The first kappa shape index (κ1) is 22.2. The Hall–Kier alpha value is -2.45. The molecule has 1 aromatic rings. The molecule has 2 amide bonds. The van der Waals surface area contributed by atoms with Crippen LogP contribution in [0.25, 0.3) is 0 Å². The zero-order chi connectivity index (χ0) is 22.1. The van der Waals surface area contributed by atoms with Crippen LogP contribution >= 0.6 is 0 Å². The van der Waals surface area contributed by atoms with Crippen molar-refractivity contribution in [2.75, 3.05) is 26.7 Å². The molecule has 2 saturated heterocycles. The van der Waals surface area contributed by atoms with Gasteiger partial charge in [0.1, 0.15) is 5.60 Å². The number of carbonyl (C=O) groups is 2. The van der Waals surface area contributed by atoms with E-state index in [4.69, 9.17) is 9.47 Å². The Bertz CT molecular complexity index is 797. The minimum Gasteiger partial charge on any atom is -0.481 e. The SMILES string of the molecule is COc1cc(C(F)(F)CC[C@H]2C[C@H]3CN(C(=O)OC(C)(C)C)CCN3C2=O)ccn1. The Morgan fingerprint density at radius 2 is 2.03 bits per heavy atom. The number of halogens is 2. The molecule has 2 aliphatic rings. The summed E-state index contributed by atoms with van der Waals surface area (Å²) < 4.78 is 39.7. The summed E-state index contributed by atoms with van der Waals surface area (Å²) in [5, 5.41) is 0. The van der Waals surface area contributed by atoms with Gasteiger partial charge in [0.25, 0.3) is 5.92 Å². The number of amides is 2. The number of aromatic nitrogens is 1. The summed E-state index contributed by atoms with van der Waals surface area (Å²) in [6.07, 6.45) is 0.988. The highest BCUT2D eigenvalue weighted by atomic mass is 19.3. The summed E-state index contributed by atoms with van der Waals surface area (Å²) in [7, 11) is 1.37. The van der Waals surface area contributed by atoms with Gasteiger partial charge in [0, 0.05) is 49.8 Å². The van der Waals surface area contributed by atoms with Gasteiger partial charge in [0.05, 0.1) is 13.2 Å². The maximum atomic E-state index is 14.7. The van der Waals surface area contributed by atoms with Crippen LogP contribution in [0.3, 0.4) is 0 Å². The summed E-state index contributed by atoms with van der Waals surface area (Å²) in [5.41, 5.74) is -0.766. The van der Waals surface area contributed by atoms with Crippen LogP contribution in [0, 0.1) is 5.92 Å². The number of pyridine rings is 1. The Labute approximate surface area is 175 Å². The van der Waals surface area contributed by atoms with Crippen LogP contribution in [0.1, 0.15) is 45.6 Å². The highest BCUT2D eigenvalue weighted by Gasteiger charge is 2.45. The second-order valence-electron chi connectivity index (χ2n) is 8.87. The van der Waals surface area contributed by atoms with Gasteiger partial charge in [0.2, 0.25) is 11.8 Å². The average Bonchev–Trinajstić information content (AvgIpc) is 3.00. The molecule has 7 nitrogen and oxygen atoms in total. The van der Waals surface area contributed by atoms with Crippen LogP contribution in [0.2, 0.25) is 0 Å². The second kappa shape index (κ2) is 8.35. The van der Waals surface area contributed by atoms with Gasteiger partial charge in [-0.2, -0.15) is 0 Å². The smallest absolute Gasteiger partial charge is 0.410 e. The number of alkyl halides is 2. The number of nitrogens with zero attached hydrogens (tertiary/aromatic N) is 3. The minimum absolute atomic E-state index is 0.0793. The molecule has 0 aliphatic carbocycles. The normalized spacial score (nSPS) is 22.1. The highest BCUT2D eigenvalue weighted by Crippen LogP contribution is 2.38. The third-order valence-electron chi connectivity index (χ3n) is 5.50. The van der Waals surface area contributed by atoms with Crippen molar-refractivity contribution in [3.05, 3.63) is 23.9 Å². The predicted octanol–water partition coefficient (Wildman–Crippen LogP) is 3.43. The average molecular weight is 425 g/mol. The van der Waals surface area contributed by atoms with Crippen molar-refractivity contribution < 1.29 is 27.8 Å². The molecule has 1 aromatic heterocycles. The summed E-state index contributed by atoms with van der Waals surface area (Å²) >= 11 is 0. The first-order valence-corrected chi connectivity index (χ1v) is 10.2. The van der Waals surface area contributed by atoms with Crippen LogP contribution in [0.15, 0.2) is 18.3 Å². The largest absolute Gasteiger partial charge is 0.481 e. The Morgan fingerprint density at radius 3 is 2.70 bits per heavy atom. The van der Waals surface area contributed by atoms with Gasteiger partial charge in [0.15, 0.2) is 0 Å². The molecule has 30 heavy (non-hydrogen) atoms. The van der Waals surface area contributed by atoms with Crippen LogP contribution in [-0.4, -0.2) is 65.2 Å². The highest BCUT2D eigenvalue weighted by molar-refractivity contribution is 5.82. The van der Waals surface area contributed by atoms with Crippen molar-refractivity contribution in [3.63, 3.8) is 0 Å². The molecule has 3 rings (SSSR count). The van der Waals surface area contributed by atoms with E-state index in [1.807, 2.05) is 0 Å². The molecule has 2 aliphatic heterocycles. The molecular weight excluding hydrogens is 396 g/mol. The van der Waals surface area contributed by atoms with Crippen LogP contribution < -0.4 is 4.74 Å². The van der Waals surface area contributed by atoms with E-state index >= 15 is 0 Å². The second-order valence-corrected chi connectivity index (χ2v) is 8.87. The van der Waals surface area contributed by atoms with E-state index in [9.17, 15) is 18.4 Å². The summed E-state index contributed by atoms with van der Waals surface area (Å²) in [4.78, 5) is 32.2. The van der Waals surface area contributed by atoms with Crippen molar-refractivity contribution in [3.8, 4) is 5.88 Å². The maximum Gasteiger partial charge on any atom is 0.410 e. The third kappa shape index (κ3) is 4.99. The van der Waals surface area contributed by atoms with Gasteiger partial charge in [-0.3, -0.25) is 4.79 Å². The van der Waals surface area contributed by atoms with Gasteiger partial charge in [-0.05, 0) is 39.7 Å². The maximum absolute atomic E-state index is 14.7. The molecule has 2 fully saturated rings. The Balaban J connectivity index is 1.59. The minimum atomic E-state index is -3.08. The fourth-order valence-electron chi connectivity index (χ4n) is 3.99.